The number of hydrogen-bond acceptors (Lipinski definition) is 4. The second kappa shape index (κ2) is 7.35. The number of aryl methyl sites for hydroxylation is 1. The van der Waals surface area contributed by atoms with Crippen LogP contribution in [0.2, 0.25) is 0 Å². The number of carbonyl (C=O) groups is 1. The number of hydrogen-bond donors (Lipinski definition) is 0. The van der Waals surface area contributed by atoms with E-state index in [2.05, 4.69) is 6.92 Å². The number of amides is 1. The van der Waals surface area contributed by atoms with Crippen molar-refractivity contribution in [3.8, 4) is 0 Å². The normalized spacial score (nSPS) is 14.0. The Hall–Kier alpha value is -1.95. The number of likely N-dealkylation sites (N-methyl/N-ethyl adjacent to an activating group) is 1. The average molecular weight is 305 g/mol. The summed E-state index contributed by atoms with van der Waals surface area (Å²) < 4.78 is 0. The molecule has 0 aliphatic carbocycles. The number of benzene rings is 1. The van der Waals surface area contributed by atoms with Crippen molar-refractivity contribution in [2.75, 3.05) is 31.6 Å². The Kier molecular flexibility index (Phi) is 5.49. The molecule has 6 nitrogen and oxygen atoms in total. The van der Waals surface area contributed by atoms with Crippen molar-refractivity contribution in [3.05, 3.63) is 33.9 Å². The zero-order valence-electron chi connectivity index (χ0n) is 13.2. The summed E-state index contributed by atoms with van der Waals surface area (Å²) in [6.45, 7) is 4.11. The number of fused-ring (bicyclic) bond motifs is 1. The van der Waals surface area contributed by atoms with E-state index >= 15 is 0 Å². The lowest BCUT2D eigenvalue weighted by molar-refractivity contribution is -0.384. The quantitative estimate of drug-likeness (QED) is 0.598. The van der Waals surface area contributed by atoms with Gasteiger partial charge in [-0.25, -0.2) is 0 Å². The number of nitro groups is 1. The predicted octanol–water partition coefficient (Wildman–Crippen LogP) is 2.61. The van der Waals surface area contributed by atoms with Gasteiger partial charge in [0, 0.05) is 24.4 Å². The Morgan fingerprint density at radius 1 is 1.45 bits per heavy atom. The van der Waals surface area contributed by atoms with Crippen LogP contribution in [0.4, 0.5) is 11.4 Å². The largest absolute Gasteiger partial charge is 0.311 e. The van der Waals surface area contributed by atoms with Crippen LogP contribution < -0.4 is 4.90 Å². The van der Waals surface area contributed by atoms with Gasteiger partial charge in [-0.05, 0) is 44.5 Å². The Balaban J connectivity index is 2.11. The van der Waals surface area contributed by atoms with Gasteiger partial charge in [0.15, 0.2) is 0 Å². The molecule has 0 unspecified atom stereocenters. The van der Waals surface area contributed by atoms with Crippen molar-refractivity contribution in [1.82, 2.24) is 4.90 Å². The molecule has 120 valence electrons. The first-order valence-electron chi connectivity index (χ1n) is 7.79. The SMILES string of the molecule is CCCCN(C)CC(=O)N1CCCc2cc([N+](=O)[O-])ccc21. The highest BCUT2D eigenvalue weighted by Crippen LogP contribution is 2.30. The molecule has 0 saturated heterocycles. The first-order chi connectivity index (χ1) is 10.5. The van der Waals surface area contributed by atoms with Crippen molar-refractivity contribution < 1.29 is 9.72 Å². The number of anilines is 1. The fourth-order valence-electron chi connectivity index (χ4n) is 2.78. The molecule has 0 aromatic heterocycles. The van der Waals surface area contributed by atoms with Gasteiger partial charge in [-0.1, -0.05) is 13.3 Å². The minimum absolute atomic E-state index is 0.0633. The average Bonchev–Trinajstić information content (AvgIpc) is 2.51. The molecular formula is C16H23N3O3. The standard InChI is InChI=1S/C16H23N3O3/c1-3-4-9-17(2)12-16(20)18-10-5-6-13-11-14(19(21)22)7-8-15(13)18/h7-8,11H,3-6,9-10,12H2,1-2H3. The number of carbonyl (C=O) groups excluding carboxylic acids is 1. The highest BCUT2D eigenvalue weighted by atomic mass is 16.6. The van der Waals surface area contributed by atoms with Crippen molar-refractivity contribution in [3.63, 3.8) is 0 Å². The lowest BCUT2D eigenvalue weighted by Crippen LogP contribution is -2.42. The third-order valence-corrected chi connectivity index (χ3v) is 3.99. The highest BCUT2D eigenvalue weighted by molar-refractivity contribution is 5.96. The highest BCUT2D eigenvalue weighted by Gasteiger charge is 2.24. The first-order valence-corrected chi connectivity index (χ1v) is 7.79. The third-order valence-electron chi connectivity index (χ3n) is 3.99. The van der Waals surface area contributed by atoms with E-state index in [0.29, 0.717) is 13.1 Å². The molecule has 0 atom stereocenters. The van der Waals surface area contributed by atoms with E-state index in [1.165, 1.54) is 6.07 Å². The van der Waals surface area contributed by atoms with Crippen LogP contribution in [-0.4, -0.2) is 42.4 Å². The van der Waals surface area contributed by atoms with Gasteiger partial charge in [0.2, 0.25) is 5.91 Å². The molecule has 22 heavy (non-hydrogen) atoms. The molecule has 0 N–H and O–H groups in total. The predicted molar refractivity (Wildman–Crippen MR) is 86.2 cm³/mol. The zero-order chi connectivity index (χ0) is 16.1. The van der Waals surface area contributed by atoms with Gasteiger partial charge in [0.05, 0.1) is 11.5 Å². The molecule has 0 spiro atoms. The second-order valence-corrected chi connectivity index (χ2v) is 5.81. The number of nitro benzene ring substituents is 1. The van der Waals surface area contributed by atoms with Gasteiger partial charge < -0.3 is 4.90 Å². The van der Waals surface area contributed by atoms with E-state index in [1.807, 2.05) is 11.9 Å². The minimum Gasteiger partial charge on any atom is -0.311 e. The molecule has 1 aliphatic heterocycles. The summed E-state index contributed by atoms with van der Waals surface area (Å²) in [5.41, 5.74) is 1.81. The lowest BCUT2D eigenvalue weighted by Gasteiger charge is -2.30. The molecule has 6 heteroatoms. The monoisotopic (exact) mass is 305 g/mol. The molecule has 2 rings (SSSR count). The van der Waals surface area contributed by atoms with E-state index in [1.54, 1.807) is 17.0 Å². The minimum atomic E-state index is -0.389. The van der Waals surface area contributed by atoms with Gasteiger partial charge in [0.1, 0.15) is 0 Å². The molecule has 0 radical (unpaired) electrons. The fourth-order valence-corrected chi connectivity index (χ4v) is 2.78. The number of nitrogens with zero attached hydrogens (tertiary/aromatic N) is 3. The summed E-state index contributed by atoms with van der Waals surface area (Å²) in [7, 11) is 1.95. The fraction of sp³-hybridized carbons (Fsp3) is 0.562. The molecule has 1 aromatic rings. The Labute approximate surface area is 130 Å². The van der Waals surface area contributed by atoms with Crippen LogP contribution in [0.1, 0.15) is 31.7 Å². The van der Waals surface area contributed by atoms with Gasteiger partial charge in [-0.3, -0.25) is 19.8 Å². The Morgan fingerprint density at radius 3 is 2.91 bits per heavy atom. The maximum atomic E-state index is 12.5. The summed E-state index contributed by atoms with van der Waals surface area (Å²) in [6, 6.07) is 4.78. The van der Waals surface area contributed by atoms with E-state index in [4.69, 9.17) is 0 Å². The number of non-ortho nitro benzene ring substituents is 1. The van der Waals surface area contributed by atoms with Gasteiger partial charge in [-0.2, -0.15) is 0 Å². The van der Waals surface area contributed by atoms with Crippen molar-refractivity contribution in [2.24, 2.45) is 0 Å². The molecule has 0 fully saturated rings. The summed E-state index contributed by atoms with van der Waals surface area (Å²) in [5, 5.41) is 10.9. The van der Waals surface area contributed by atoms with Crippen LogP contribution >= 0.6 is 0 Å². The van der Waals surface area contributed by atoms with Crippen molar-refractivity contribution in [1.29, 1.82) is 0 Å². The van der Waals surface area contributed by atoms with Crippen LogP contribution in [0.3, 0.4) is 0 Å². The van der Waals surface area contributed by atoms with Crippen LogP contribution in [0.5, 0.6) is 0 Å². The van der Waals surface area contributed by atoms with Crippen LogP contribution in [0.15, 0.2) is 18.2 Å². The topological polar surface area (TPSA) is 66.7 Å². The molecule has 0 bridgehead atoms. The summed E-state index contributed by atoms with van der Waals surface area (Å²) in [5.74, 6) is 0.0633. The summed E-state index contributed by atoms with van der Waals surface area (Å²) in [4.78, 5) is 26.8. The van der Waals surface area contributed by atoms with E-state index in [9.17, 15) is 14.9 Å². The Bertz CT molecular complexity index is 560. The van der Waals surface area contributed by atoms with E-state index in [0.717, 1.165) is 43.5 Å². The molecule has 1 heterocycles. The third kappa shape index (κ3) is 3.82. The zero-order valence-corrected chi connectivity index (χ0v) is 13.2. The smallest absolute Gasteiger partial charge is 0.269 e. The number of unbranched alkanes of at least 4 members (excludes halogenated alkanes) is 1. The molecule has 1 aromatic carbocycles. The molecule has 1 aliphatic rings. The molecule has 1 amide bonds. The van der Waals surface area contributed by atoms with Crippen LogP contribution in [-0.2, 0) is 11.2 Å². The van der Waals surface area contributed by atoms with E-state index in [-0.39, 0.29) is 16.5 Å². The van der Waals surface area contributed by atoms with Gasteiger partial charge in [0.25, 0.3) is 5.69 Å². The second-order valence-electron chi connectivity index (χ2n) is 5.81. The molecular weight excluding hydrogens is 282 g/mol. The number of rotatable bonds is 6. The molecule has 0 saturated carbocycles. The van der Waals surface area contributed by atoms with E-state index < -0.39 is 0 Å². The van der Waals surface area contributed by atoms with Crippen LogP contribution in [0.25, 0.3) is 0 Å². The van der Waals surface area contributed by atoms with Gasteiger partial charge >= 0.3 is 0 Å². The summed E-state index contributed by atoms with van der Waals surface area (Å²) in [6.07, 6.45) is 3.81. The van der Waals surface area contributed by atoms with Crippen LogP contribution in [0, 0.1) is 10.1 Å². The van der Waals surface area contributed by atoms with Crippen molar-refractivity contribution >= 4 is 17.3 Å². The van der Waals surface area contributed by atoms with Crippen molar-refractivity contribution in [2.45, 2.75) is 32.6 Å². The maximum absolute atomic E-state index is 12.5. The maximum Gasteiger partial charge on any atom is 0.269 e. The first kappa shape index (κ1) is 16.4. The lowest BCUT2D eigenvalue weighted by atomic mass is 10.0. The van der Waals surface area contributed by atoms with Gasteiger partial charge in [-0.15, -0.1) is 0 Å². The Morgan fingerprint density at radius 2 is 2.23 bits per heavy atom. The summed E-state index contributed by atoms with van der Waals surface area (Å²) >= 11 is 0.